The number of imidazole rings is 1. The van der Waals surface area contributed by atoms with Crippen LogP contribution in [0.5, 0.6) is 0 Å². The van der Waals surface area contributed by atoms with Crippen LogP contribution in [0.4, 0.5) is 0 Å². The van der Waals surface area contributed by atoms with Gasteiger partial charge in [-0.05, 0) is 19.4 Å². The summed E-state index contributed by atoms with van der Waals surface area (Å²) in [5, 5.41) is 26.4. The van der Waals surface area contributed by atoms with Gasteiger partial charge in [-0.1, -0.05) is 30.3 Å². The molecular formula is C22H30N6O6. The largest absolute Gasteiger partial charge is 0.480 e. The van der Waals surface area contributed by atoms with Gasteiger partial charge in [-0.25, -0.2) is 9.78 Å². The molecule has 12 nitrogen and oxygen atoms in total. The number of nitrogens with one attached hydrogen (secondary N) is 4. The minimum Gasteiger partial charge on any atom is -0.480 e. The number of carbonyl (C=O) groups is 4. The van der Waals surface area contributed by atoms with Gasteiger partial charge >= 0.3 is 5.97 Å². The van der Waals surface area contributed by atoms with Crippen LogP contribution in [0.3, 0.4) is 0 Å². The average molecular weight is 475 g/mol. The zero-order chi connectivity index (χ0) is 25.3. The van der Waals surface area contributed by atoms with Gasteiger partial charge in [0.15, 0.2) is 0 Å². The molecule has 5 atom stereocenters. The lowest BCUT2D eigenvalue weighted by molar-refractivity contribution is -0.142. The van der Waals surface area contributed by atoms with E-state index in [0.29, 0.717) is 5.69 Å². The number of aromatic nitrogens is 2. The quantitative estimate of drug-likeness (QED) is 0.192. The van der Waals surface area contributed by atoms with Crippen LogP contribution in [0.15, 0.2) is 42.9 Å². The van der Waals surface area contributed by atoms with Crippen molar-refractivity contribution < 1.29 is 29.4 Å². The highest BCUT2D eigenvalue weighted by Gasteiger charge is 2.29. The number of aromatic amines is 1. The molecule has 0 spiro atoms. The minimum absolute atomic E-state index is 0.0310. The summed E-state index contributed by atoms with van der Waals surface area (Å²) in [4.78, 5) is 56.1. The summed E-state index contributed by atoms with van der Waals surface area (Å²) in [5.74, 6) is -3.36. The van der Waals surface area contributed by atoms with E-state index >= 15 is 0 Å². The molecule has 1 aromatic carbocycles. The zero-order valence-electron chi connectivity index (χ0n) is 18.9. The Morgan fingerprint density at radius 2 is 1.62 bits per heavy atom. The van der Waals surface area contributed by atoms with Crippen molar-refractivity contribution in [3.8, 4) is 0 Å². The van der Waals surface area contributed by atoms with E-state index in [-0.39, 0.29) is 12.8 Å². The number of carboxylic acids is 1. The molecule has 34 heavy (non-hydrogen) atoms. The van der Waals surface area contributed by atoms with Gasteiger partial charge in [-0.3, -0.25) is 14.4 Å². The van der Waals surface area contributed by atoms with Gasteiger partial charge in [0.05, 0.1) is 12.4 Å². The highest BCUT2D eigenvalue weighted by Crippen LogP contribution is 2.06. The predicted octanol–water partition coefficient (Wildman–Crippen LogP) is -1.54. The Morgan fingerprint density at radius 3 is 2.18 bits per heavy atom. The fraction of sp³-hybridized carbons (Fsp3) is 0.409. The maximum Gasteiger partial charge on any atom is 0.326 e. The van der Waals surface area contributed by atoms with Crippen molar-refractivity contribution in [3.05, 3.63) is 54.1 Å². The SMILES string of the molecule is CC(NC(=O)C(N)C(C)O)C(=O)NC(Cc1ccccc1)C(=O)NC(Cc1cnc[nH]1)C(=O)O. The lowest BCUT2D eigenvalue weighted by Crippen LogP contribution is -2.58. The highest BCUT2D eigenvalue weighted by atomic mass is 16.4. The molecule has 12 heteroatoms. The molecule has 2 rings (SSSR count). The molecule has 3 amide bonds. The van der Waals surface area contributed by atoms with Crippen molar-refractivity contribution in [1.82, 2.24) is 25.9 Å². The van der Waals surface area contributed by atoms with E-state index in [1.165, 1.54) is 26.4 Å². The summed E-state index contributed by atoms with van der Waals surface area (Å²) < 4.78 is 0. The second-order valence-electron chi connectivity index (χ2n) is 7.93. The topological polar surface area (TPSA) is 200 Å². The van der Waals surface area contributed by atoms with Crippen molar-refractivity contribution in [1.29, 1.82) is 0 Å². The van der Waals surface area contributed by atoms with Gasteiger partial charge in [0.1, 0.15) is 24.2 Å². The number of nitrogens with zero attached hydrogens (tertiary/aromatic N) is 1. The lowest BCUT2D eigenvalue weighted by atomic mass is 10.0. The molecule has 0 aliphatic rings. The van der Waals surface area contributed by atoms with Gasteiger partial charge in [-0.2, -0.15) is 0 Å². The second kappa shape index (κ2) is 12.5. The van der Waals surface area contributed by atoms with E-state index in [4.69, 9.17) is 5.73 Å². The van der Waals surface area contributed by atoms with Crippen LogP contribution in [0.2, 0.25) is 0 Å². The molecule has 1 heterocycles. The first-order chi connectivity index (χ1) is 16.1. The number of carboxylic acid groups (broad SMARTS) is 1. The van der Waals surface area contributed by atoms with Crippen molar-refractivity contribution in [2.45, 2.75) is 57.0 Å². The Labute approximate surface area is 196 Å². The molecule has 8 N–H and O–H groups in total. The van der Waals surface area contributed by atoms with Crippen molar-refractivity contribution in [2.24, 2.45) is 5.73 Å². The predicted molar refractivity (Wildman–Crippen MR) is 121 cm³/mol. The number of nitrogens with two attached hydrogens (primary N) is 1. The molecule has 0 radical (unpaired) electrons. The molecule has 0 aliphatic heterocycles. The van der Waals surface area contributed by atoms with Crippen LogP contribution in [-0.2, 0) is 32.0 Å². The summed E-state index contributed by atoms with van der Waals surface area (Å²) in [7, 11) is 0. The van der Waals surface area contributed by atoms with Crippen LogP contribution in [0, 0.1) is 0 Å². The molecular weight excluding hydrogens is 444 g/mol. The maximum atomic E-state index is 13.0. The van der Waals surface area contributed by atoms with E-state index in [0.717, 1.165) is 5.56 Å². The Bertz CT molecular complexity index is 966. The summed E-state index contributed by atoms with van der Waals surface area (Å²) in [6, 6.07) is 4.19. The van der Waals surface area contributed by atoms with Crippen molar-refractivity contribution in [3.63, 3.8) is 0 Å². The molecule has 184 valence electrons. The molecule has 5 unspecified atom stereocenters. The number of carbonyl (C=O) groups excluding carboxylic acids is 3. The molecule has 0 fully saturated rings. The second-order valence-corrected chi connectivity index (χ2v) is 7.93. The molecule has 1 aromatic heterocycles. The molecule has 2 aromatic rings. The Balaban J connectivity index is 2.13. The Kier molecular flexibility index (Phi) is 9.71. The van der Waals surface area contributed by atoms with Crippen LogP contribution >= 0.6 is 0 Å². The van der Waals surface area contributed by atoms with E-state index in [2.05, 4.69) is 25.9 Å². The summed E-state index contributed by atoms with van der Waals surface area (Å²) in [5.41, 5.74) is 6.83. The Morgan fingerprint density at radius 1 is 0.971 bits per heavy atom. The van der Waals surface area contributed by atoms with E-state index in [9.17, 15) is 29.4 Å². The monoisotopic (exact) mass is 474 g/mol. The number of aliphatic hydroxyl groups excluding tert-OH is 1. The van der Waals surface area contributed by atoms with Crippen LogP contribution < -0.4 is 21.7 Å². The number of benzene rings is 1. The van der Waals surface area contributed by atoms with Crippen molar-refractivity contribution >= 4 is 23.7 Å². The molecule has 0 aliphatic carbocycles. The number of hydrogen-bond donors (Lipinski definition) is 7. The minimum atomic E-state index is -1.26. The highest BCUT2D eigenvalue weighted by molar-refractivity contribution is 5.94. The summed E-state index contributed by atoms with van der Waals surface area (Å²) >= 11 is 0. The zero-order valence-corrected chi connectivity index (χ0v) is 18.9. The number of aliphatic carboxylic acids is 1. The lowest BCUT2D eigenvalue weighted by Gasteiger charge is -2.24. The first kappa shape index (κ1) is 26.5. The number of hydrogen-bond acceptors (Lipinski definition) is 7. The third-order valence-electron chi connectivity index (χ3n) is 5.08. The normalized spacial score (nSPS) is 15.3. The standard InChI is InChI=1S/C22H30N6O6/c1-12(26-21(32)18(23)13(2)29)19(30)27-16(8-14-6-4-3-5-7-14)20(31)28-17(22(33)34)9-15-10-24-11-25-15/h3-7,10-13,16-18,29H,8-9,23H2,1-2H3,(H,24,25)(H,26,32)(H,27,30)(H,28,31)(H,33,34). The molecule has 0 bridgehead atoms. The van der Waals surface area contributed by atoms with Crippen LogP contribution in [0.1, 0.15) is 25.1 Å². The van der Waals surface area contributed by atoms with Gasteiger partial charge in [0, 0.05) is 24.7 Å². The molecule has 0 saturated carbocycles. The van der Waals surface area contributed by atoms with E-state index < -0.39 is 54.0 Å². The van der Waals surface area contributed by atoms with Gasteiger partial charge < -0.3 is 36.9 Å². The third kappa shape index (κ3) is 7.98. The van der Waals surface area contributed by atoms with Crippen molar-refractivity contribution in [2.75, 3.05) is 0 Å². The smallest absolute Gasteiger partial charge is 0.326 e. The fourth-order valence-electron chi connectivity index (χ4n) is 3.04. The summed E-state index contributed by atoms with van der Waals surface area (Å²) in [6.45, 7) is 2.75. The Hall–Kier alpha value is -3.77. The fourth-order valence-corrected chi connectivity index (χ4v) is 3.04. The van der Waals surface area contributed by atoms with E-state index in [1.54, 1.807) is 30.3 Å². The average Bonchev–Trinajstić information content (AvgIpc) is 3.31. The number of aliphatic hydroxyl groups is 1. The first-order valence-corrected chi connectivity index (χ1v) is 10.7. The number of rotatable bonds is 12. The maximum absolute atomic E-state index is 13.0. The van der Waals surface area contributed by atoms with Crippen LogP contribution in [0.25, 0.3) is 0 Å². The van der Waals surface area contributed by atoms with Gasteiger partial charge in [-0.15, -0.1) is 0 Å². The number of amides is 3. The van der Waals surface area contributed by atoms with Gasteiger partial charge in [0.2, 0.25) is 17.7 Å². The van der Waals surface area contributed by atoms with E-state index in [1.807, 2.05) is 0 Å². The molecule has 0 saturated heterocycles. The number of H-pyrrole nitrogens is 1. The first-order valence-electron chi connectivity index (χ1n) is 10.7. The summed E-state index contributed by atoms with van der Waals surface area (Å²) in [6.07, 6.45) is 1.79. The van der Waals surface area contributed by atoms with Crippen LogP contribution in [-0.4, -0.2) is 74.1 Å². The third-order valence-corrected chi connectivity index (χ3v) is 5.08. The van der Waals surface area contributed by atoms with Gasteiger partial charge in [0.25, 0.3) is 0 Å².